The van der Waals surface area contributed by atoms with E-state index in [9.17, 15) is 14.6 Å². The van der Waals surface area contributed by atoms with Gasteiger partial charge in [-0.25, -0.2) is 4.39 Å². The Bertz CT molecular complexity index is 465. The van der Waals surface area contributed by atoms with Crippen LogP contribution < -0.4 is 0 Å². The van der Waals surface area contributed by atoms with Gasteiger partial charge in [-0.2, -0.15) is 0 Å². The molecule has 1 saturated heterocycles. The molecule has 0 spiro atoms. The molecule has 2 atom stereocenters. The largest absolute Gasteiger partial charge is 0.392 e. The summed E-state index contributed by atoms with van der Waals surface area (Å²) in [6, 6.07) is 6.50. The molecule has 130 valence electrons. The number of aliphatic hydroxyl groups excluding tert-OH is 2. The summed E-state index contributed by atoms with van der Waals surface area (Å²) in [5, 5.41) is 19.4. The van der Waals surface area contributed by atoms with Gasteiger partial charge in [0.25, 0.3) is 0 Å². The molecule has 0 bridgehead atoms. The number of rotatable bonds is 8. The van der Waals surface area contributed by atoms with Crippen molar-refractivity contribution in [1.82, 2.24) is 9.80 Å². The summed E-state index contributed by atoms with van der Waals surface area (Å²) in [6.07, 6.45) is -0.885. The first kappa shape index (κ1) is 18.3. The molecule has 2 N–H and O–H groups in total. The first-order valence-electron chi connectivity index (χ1n) is 8.16. The number of ether oxygens (including phenoxy) is 1. The van der Waals surface area contributed by atoms with Gasteiger partial charge in [-0.15, -0.1) is 0 Å². The second-order valence-electron chi connectivity index (χ2n) is 6.21. The fourth-order valence-corrected chi connectivity index (χ4v) is 2.80. The number of halogens is 1. The van der Waals surface area contributed by atoms with Crippen LogP contribution in [-0.4, -0.2) is 78.1 Å². The van der Waals surface area contributed by atoms with Gasteiger partial charge < -0.3 is 14.9 Å². The number of β-amino-alcohol motifs (C(OH)–C–C–N with tert-alkyl or cyclic N) is 2. The van der Waals surface area contributed by atoms with Crippen molar-refractivity contribution in [3.63, 3.8) is 0 Å². The van der Waals surface area contributed by atoms with E-state index in [1.54, 1.807) is 25.1 Å². The van der Waals surface area contributed by atoms with Gasteiger partial charge >= 0.3 is 0 Å². The number of hydrogen-bond donors (Lipinski definition) is 2. The molecule has 0 aromatic heterocycles. The topological polar surface area (TPSA) is 56.2 Å². The van der Waals surface area contributed by atoms with Crippen LogP contribution in [0.25, 0.3) is 0 Å². The number of nitrogens with zero attached hydrogens (tertiary/aromatic N) is 2. The average Bonchev–Trinajstić information content (AvgIpc) is 2.51. The summed E-state index contributed by atoms with van der Waals surface area (Å²) in [5.74, 6) is -0.281. The molecule has 0 aliphatic carbocycles. The second kappa shape index (κ2) is 9.30. The van der Waals surface area contributed by atoms with E-state index in [0.717, 1.165) is 26.2 Å². The van der Waals surface area contributed by atoms with Crippen LogP contribution in [0, 0.1) is 5.82 Å². The highest BCUT2D eigenvalue weighted by Crippen LogP contribution is 2.08. The van der Waals surface area contributed by atoms with Crippen LogP contribution >= 0.6 is 0 Å². The highest BCUT2D eigenvalue weighted by Gasteiger charge is 2.20. The third kappa shape index (κ3) is 6.53. The van der Waals surface area contributed by atoms with Crippen LogP contribution in [0.5, 0.6) is 0 Å². The van der Waals surface area contributed by atoms with Gasteiger partial charge in [0.2, 0.25) is 0 Å². The highest BCUT2D eigenvalue weighted by molar-refractivity contribution is 5.16. The third-order valence-electron chi connectivity index (χ3n) is 3.98. The highest BCUT2D eigenvalue weighted by atomic mass is 19.1. The Balaban J connectivity index is 1.62. The lowest BCUT2D eigenvalue weighted by Crippen LogP contribution is -2.50. The summed E-state index contributed by atoms with van der Waals surface area (Å²) in [7, 11) is 0. The molecule has 1 fully saturated rings. The molecule has 0 radical (unpaired) electrons. The summed E-state index contributed by atoms with van der Waals surface area (Å²) < 4.78 is 18.9. The molecule has 5 nitrogen and oxygen atoms in total. The maximum atomic E-state index is 13.4. The van der Waals surface area contributed by atoms with E-state index in [1.807, 2.05) is 0 Å². The maximum absolute atomic E-state index is 13.4. The zero-order chi connectivity index (χ0) is 16.7. The molecule has 1 heterocycles. The fourth-order valence-electron chi connectivity index (χ4n) is 2.80. The number of benzene rings is 1. The van der Waals surface area contributed by atoms with Gasteiger partial charge in [0.05, 0.1) is 25.4 Å². The standard InChI is InChI=1S/C17H27FN2O3/c1-14(21)10-19-6-8-20(9-7-19)11-16(22)13-23-12-15-4-2-3-5-17(15)18/h2-5,14,16,21-22H,6-13H2,1H3/t14-,16+/m0/s1. The Morgan fingerprint density at radius 3 is 2.30 bits per heavy atom. The smallest absolute Gasteiger partial charge is 0.128 e. The SMILES string of the molecule is C[C@H](O)CN1CCN(C[C@@H](O)COCc2ccccc2F)CC1. The minimum absolute atomic E-state index is 0.173. The van der Waals surface area contributed by atoms with Crippen molar-refractivity contribution in [3.8, 4) is 0 Å². The zero-order valence-corrected chi connectivity index (χ0v) is 13.7. The fraction of sp³-hybridized carbons (Fsp3) is 0.647. The summed E-state index contributed by atoms with van der Waals surface area (Å²) >= 11 is 0. The Hall–Kier alpha value is -1.05. The van der Waals surface area contributed by atoms with Gasteiger partial charge in [-0.1, -0.05) is 18.2 Å². The van der Waals surface area contributed by atoms with Crippen molar-refractivity contribution in [3.05, 3.63) is 35.6 Å². The number of aliphatic hydroxyl groups is 2. The molecular weight excluding hydrogens is 299 g/mol. The Labute approximate surface area is 137 Å². The lowest BCUT2D eigenvalue weighted by molar-refractivity contribution is -0.00198. The Kier molecular flexibility index (Phi) is 7.39. The number of piperazine rings is 1. The van der Waals surface area contributed by atoms with Crippen LogP contribution in [0.15, 0.2) is 24.3 Å². The van der Waals surface area contributed by atoms with Crippen LogP contribution in [0.2, 0.25) is 0 Å². The van der Waals surface area contributed by atoms with Gasteiger partial charge in [0.1, 0.15) is 5.82 Å². The van der Waals surface area contributed by atoms with Crippen molar-refractivity contribution in [2.75, 3.05) is 45.9 Å². The summed E-state index contributed by atoms with van der Waals surface area (Å²) in [4.78, 5) is 4.41. The third-order valence-corrected chi connectivity index (χ3v) is 3.98. The van der Waals surface area contributed by atoms with Crippen molar-refractivity contribution in [1.29, 1.82) is 0 Å². The minimum Gasteiger partial charge on any atom is -0.392 e. The average molecular weight is 326 g/mol. The van der Waals surface area contributed by atoms with Crippen molar-refractivity contribution >= 4 is 0 Å². The predicted molar refractivity (Wildman–Crippen MR) is 86.6 cm³/mol. The maximum Gasteiger partial charge on any atom is 0.128 e. The van der Waals surface area contributed by atoms with E-state index in [-0.39, 0.29) is 25.1 Å². The van der Waals surface area contributed by atoms with Crippen LogP contribution in [0.1, 0.15) is 12.5 Å². The molecule has 0 saturated carbocycles. The molecule has 6 heteroatoms. The first-order valence-corrected chi connectivity index (χ1v) is 8.16. The molecule has 1 aliphatic rings. The van der Waals surface area contributed by atoms with E-state index in [0.29, 0.717) is 18.7 Å². The van der Waals surface area contributed by atoms with E-state index >= 15 is 0 Å². The van der Waals surface area contributed by atoms with Crippen molar-refractivity contribution in [2.45, 2.75) is 25.7 Å². The van der Waals surface area contributed by atoms with Gasteiger partial charge in [0, 0.05) is 44.8 Å². The second-order valence-corrected chi connectivity index (χ2v) is 6.21. The molecule has 1 aromatic rings. The number of hydrogen-bond acceptors (Lipinski definition) is 5. The lowest BCUT2D eigenvalue weighted by atomic mass is 10.2. The molecule has 0 unspecified atom stereocenters. The summed E-state index contributed by atoms with van der Waals surface area (Å²) in [6.45, 7) is 6.95. The molecular formula is C17H27FN2O3. The molecule has 1 aromatic carbocycles. The molecule has 0 amide bonds. The van der Waals surface area contributed by atoms with Crippen LogP contribution in [0.4, 0.5) is 4.39 Å². The normalized spacial score (nSPS) is 19.7. The Morgan fingerprint density at radius 1 is 1.09 bits per heavy atom. The Morgan fingerprint density at radius 2 is 1.70 bits per heavy atom. The van der Waals surface area contributed by atoms with Gasteiger partial charge in [-0.05, 0) is 13.0 Å². The molecule has 2 rings (SSSR count). The van der Waals surface area contributed by atoms with Crippen molar-refractivity contribution in [2.24, 2.45) is 0 Å². The minimum atomic E-state index is -0.579. The predicted octanol–water partition coefficient (Wildman–Crippen LogP) is 0.702. The van der Waals surface area contributed by atoms with E-state index < -0.39 is 6.10 Å². The zero-order valence-electron chi connectivity index (χ0n) is 13.7. The van der Waals surface area contributed by atoms with Crippen LogP contribution in [-0.2, 0) is 11.3 Å². The van der Waals surface area contributed by atoms with Crippen molar-refractivity contribution < 1.29 is 19.3 Å². The summed E-state index contributed by atoms with van der Waals surface area (Å²) in [5.41, 5.74) is 0.506. The van der Waals surface area contributed by atoms with E-state index in [1.165, 1.54) is 6.07 Å². The first-order chi connectivity index (χ1) is 11.0. The van der Waals surface area contributed by atoms with E-state index in [2.05, 4.69) is 9.80 Å². The van der Waals surface area contributed by atoms with Gasteiger partial charge in [0.15, 0.2) is 0 Å². The van der Waals surface area contributed by atoms with Crippen LogP contribution in [0.3, 0.4) is 0 Å². The lowest BCUT2D eigenvalue weighted by Gasteiger charge is -2.36. The van der Waals surface area contributed by atoms with E-state index in [4.69, 9.17) is 4.74 Å². The van der Waals surface area contributed by atoms with Gasteiger partial charge in [-0.3, -0.25) is 9.80 Å². The monoisotopic (exact) mass is 326 g/mol. The quantitative estimate of drug-likeness (QED) is 0.737. The molecule has 1 aliphatic heterocycles. The molecule has 23 heavy (non-hydrogen) atoms.